The van der Waals surface area contributed by atoms with Crippen LogP contribution in [0.3, 0.4) is 0 Å². The summed E-state index contributed by atoms with van der Waals surface area (Å²) in [6, 6.07) is 9.56. The lowest BCUT2D eigenvalue weighted by Gasteiger charge is -2.21. The summed E-state index contributed by atoms with van der Waals surface area (Å²) in [6.07, 6.45) is -3.13. The largest absolute Gasteiger partial charge is 0.401 e. The van der Waals surface area contributed by atoms with Gasteiger partial charge in [0, 0.05) is 0 Å². The highest BCUT2D eigenvalue weighted by Crippen LogP contribution is 2.18. The predicted octanol–water partition coefficient (Wildman–Crippen LogP) is 3.43. The van der Waals surface area contributed by atoms with Crippen LogP contribution in [0.1, 0.15) is 30.6 Å². The molecule has 0 unspecified atom stereocenters. The van der Waals surface area contributed by atoms with E-state index in [4.69, 9.17) is 4.52 Å². The Morgan fingerprint density at radius 1 is 1.18 bits per heavy atom. The van der Waals surface area contributed by atoms with E-state index in [9.17, 15) is 13.2 Å². The van der Waals surface area contributed by atoms with Gasteiger partial charge >= 0.3 is 6.18 Å². The first-order valence-corrected chi connectivity index (χ1v) is 7.11. The Morgan fingerprint density at radius 3 is 2.55 bits per heavy atom. The van der Waals surface area contributed by atoms with Gasteiger partial charge in [-0.15, -0.1) is 0 Å². The molecule has 7 heteroatoms. The fourth-order valence-corrected chi connectivity index (χ4v) is 2.18. The maximum Gasteiger partial charge on any atom is 0.401 e. The molecule has 2 rings (SSSR count). The van der Waals surface area contributed by atoms with Crippen LogP contribution >= 0.6 is 0 Å². The van der Waals surface area contributed by atoms with E-state index in [0.717, 1.165) is 5.56 Å². The van der Waals surface area contributed by atoms with Gasteiger partial charge in [-0.3, -0.25) is 4.90 Å². The minimum Gasteiger partial charge on any atom is -0.339 e. The van der Waals surface area contributed by atoms with Gasteiger partial charge in [-0.25, -0.2) is 0 Å². The van der Waals surface area contributed by atoms with E-state index < -0.39 is 12.7 Å². The Hall–Kier alpha value is -1.89. The van der Waals surface area contributed by atoms with Crippen LogP contribution in [0, 0.1) is 0 Å². The summed E-state index contributed by atoms with van der Waals surface area (Å²) < 4.78 is 42.7. The van der Waals surface area contributed by atoms with Crippen LogP contribution in [0.25, 0.3) is 0 Å². The first-order chi connectivity index (χ1) is 10.5. The van der Waals surface area contributed by atoms with E-state index in [1.165, 1.54) is 4.90 Å². The quantitative estimate of drug-likeness (QED) is 0.785. The molecular weight excluding hydrogens is 295 g/mol. The lowest BCUT2D eigenvalue weighted by atomic mass is 10.1. The molecule has 0 radical (unpaired) electrons. The van der Waals surface area contributed by atoms with E-state index in [0.29, 0.717) is 25.3 Å². The molecule has 0 amide bonds. The van der Waals surface area contributed by atoms with E-state index >= 15 is 0 Å². The number of halogens is 3. The second kappa shape index (κ2) is 7.40. The monoisotopic (exact) mass is 313 g/mol. The third-order valence-corrected chi connectivity index (χ3v) is 3.02. The average molecular weight is 313 g/mol. The molecule has 0 bridgehead atoms. The molecule has 0 saturated heterocycles. The number of alkyl halides is 3. The number of hydrogen-bond donors (Lipinski definition) is 0. The van der Waals surface area contributed by atoms with Gasteiger partial charge in [0.1, 0.15) is 0 Å². The van der Waals surface area contributed by atoms with E-state index in [-0.39, 0.29) is 12.4 Å². The molecule has 0 aliphatic heterocycles. The van der Waals surface area contributed by atoms with Crippen molar-refractivity contribution in [3.05, 3.63) is 47.6 Å². The standard InChI is InChI=1S/C15H18F3N3O/c1-2-8-21(11-15(16,17)18)10-13-19-14(22-20-13)9-12-6-4-3-5-7-12/h3-7H,2,8-11H2,1H3. The minimum absolute atomic E-state index is 0.0334. The Labute approximate surface area is 126 Å². The highest BCUT2D eigenvalue weighted by Gasteiger charge is 2.30. The molecule has 1 aromatic heterocycles. The van der Waals surface area contributed by atoms with Crippen LogP contribution < -0.4 is 0 Å². The molecule has 1 aromatic carbocycles. The van der Waals surface area contributed by atoms with Crippen LogP contribution in [0.15, 0.2) is 34.9 Å². The molecule has 0 aliphatic carbocycles. The van der Waals surface area contributed by atoms with Gasteiger partial charge in [0.05, 0.1) is 19.5 Å². The molecule has 0 saturated carbocycles. The lowest BCUT2D eigenvalue weighted by molar-refractivity contribution is -0.147. The molecule has 0 aliphatic rings. The third kappa shape index (κ3) is 5.48. The second-order valence-corrected chi connectivity index (χ2v) is 5.09. The van der Waals surface area contributed by atoms with Crippen molar-refractivity contribution in [2.24, 2.45) is 0 Å². The topological polar surface area (TPSA) is 42.2 Å². The lowest BCUT2D eigenvalue weighted by Crippen LogP contribution is -2.34. The van der Waals surface area contributed by atoms with E-state index in [1.54, 1.807) is 0 Å². The van der Waals surface area contributed by atoms with Crippen LogP contribution in [0.4, 0.5) is 13.2 Å². The van der Waals surface area contributed by atoms with E-state index in [1.807, 2.05) is 37.3 Å². The minimum atomic E-state index is -4.23. The molecule has 0 atom stereocenters. The summed E-state index contributed by atoms with van der Waals surface area (Å²) in [5.74, 6) is 0.688. The summed E-state index contributed by atoms with van der Waals surface area (Å²) in [5, 5.41) is 3.77. The van der Waals surface area contributed by atoms with Gasteiger partial charge in [-0.1, -0.05) is 42.4 Å². The zero-order valence-electron chi connectivity index (χ0n) is 12.3. The van der Waals surface area contributed by atoms with Crippen LogP contribution in [-0.2, 0) is 13.0 Å². The number of nitrogens with zero attached hydrogens (tertiary/aromatic N) is 3. The highest BCUT2D eigenvalue weighted by molar-refractivity contribution is 5.17. The average Bonchev–Trinajstić information content (AvgIpc) is 2.85. The molecule has 22 heavy (non-hydrogen) atoms. The Morgan fingerprint density at radius 2 is 1.91 bits per heavy atom. The van der Waals surface area contributed by atoms with Gasteiger partial charge in [0.2, 0.25) is 5.89 Å². The van der Waals surface area contributed by atoms with Gasteiger partial charge in [0.25, 0.3) is 0 Å². The maximum absolute atomic E-state index is 12.5. The second-order valence-electron chi connectivity index (χ2n) is 5.09. The van der Waals surface area contributed by atoms with Crippen molar-refractivity contribution in [1.29, 1.82) is 0 Å². The summed E-state index contributed by atoms with van der Waals surface area (Å²) >= 11 is 0. The van der Waals surface area contributed by atoms with Gasteiger partial charge in [-0.05, 0) is 18.5 Å². The summed E-state index contributed by atoms with van der Waals surface area (Å²) in [6.45, 7) is 1.23. The fraction of sp³-hybridized carbons (Fsp3) is 0.467. The summed E-state index contributed by atoms with van der Waals surface area (Å²) in [4.78, 5) is 5.45. The number of aromatic nitrogens is 2. The molecular formula is C15H18F3N3O. The normalized spacial score (nSPS) is 12.0. The van der Waals surface area contributed by atoms with Crippen molar-refractivity contribution in [2.45, 2.75) is 32.5 Å². The Kier molecular flexibility index (Phi) is 5.54. The molecule has 0 fully saturated rings. The summed E-state index contributed by atoms with van der Waals surface area (Å²) in [5.41, 5.74) is 1.01. The first-order valence-electron chi connectivity index (χ1n) is 7.11. The summed E-state index contributed by atoms with van der Waals surface area (Å²) in [7, 11) is 0. The first kappa shape index (κ1) is 16.5. The number of hydrogen-bond acceptors (Lipinski definition) is 4. The zero-order valence-corrected chi connectivity index (χ0v) is 12.3. The SMILES string of the molecule is CCCN(Cc1noc(Cc2ccccc2)n1)CC(F)(F)F. The highest BCUT2D eigenvalue weighted by atomic mass is 19.4. The zero-order chi connectivity index (χ0) is 16.0. The molecule has 120 valence electrons. The number of rotatable bonds is 7. The van der Waals surface area contributed by atoms with Crippen molar-refractivity contribution in [3.8, 4) is 0 Å². The van der Waals surface area contributed by atoms with Crippen LogP contribution in [0.5, 0.6) is 0 Å². The smallest absolute Gasteiger partial charge is 0.339 e. The molecule has 4 nitrogen and oxygen atoms in total. The molecule has 2 aromatic rings. The maximum atomic E-state index is 12.5. The number of benzene rings is 1. The van der Waals surface area contributed by atoms with Gasteiger partial charge in [0.15, 0.2) is 5.82 Å². The van der Waals surface area contributed by atoms with Crippen LogP contribution in [-0.4, -0.2) is 34.3 Å². The molecule has 0 spiro atoms. The van der Waals surface area contributed by atoms with Gasteiger partial charge < -0.3 is 4.52 Å². The Balaban J connectivity index is 1.97. The fourth-order valence-electron chi connectivity index (χ4n) is 2.18. The molecule has 1 heterocycles. The third-order valence-electron chi connectivity index (χ3n) is 3.02. The van der Waals surface area contributed by atoms with Crippen molar-refractivity contribution in [3.63, 3.8) is 0 Å². The predicted molar refractivity (Wildman–Crippen MR) is 75.2 cm³/mol. The van der Waals surface area contributed by atoms with Crippen molar-refractivity contribution < 1.29 is 17.7 Å². The van der Waals surface area contributed by atoms with Crippen molar-refractivity contribution >= 4 is 0 Å². The molecule has 0 N–H and O–H groups in total. The van der Waals surface area contributed by atoms with E-state index in [2.05, 4.69) is 10.1 Å². The van der Waals surface area contributed by atoms with Crippen molar-refractivity contribution in [1.82, 2.24) is 15.0 Å². The Bertz CT molecular complexity index is 569. The van der Waals surface area contributed by atoms with Crippen molar-refractivity contribution in [2.75, 3.05) is 13.1 Å². The van der Waals surface area contributed by atoms with Crippen LogP contribution in [0.2, 0.25) is 0 Å². The van der Waals surface area contributed by atoms with Gasteiger partial charge in [-0.2, -0.15) is 18.2 Å².